The van der Waals surface area contributed by atoms with Crippen molar-refractivity contribution in [2.45, 2.75) is 0 Å². The third kappa shape index (κ3) is 4.19. The Kier molecular flexibility index (Phi) is 6.28. The van der Waals surface area contributed by atoms with Gasteiger partial charge in [0.25, 0.3) is 0 Å². The fraction of sp³-hybridized carbons (Fsp3) is 0. The number of hydrogen-bond acceptors (Lipinski definition) is 1. The molecule has 1 aliphatic carbocycles. The van der Waals surface area contributed by atoms with E-state index < -0.39 is 0 Å². The summed E-state index contributed by atoms with van der Waals surface area (Å²) in [6, 6.07) is 71.0. The highest BCUT2D eigenvalue weighted by molar-refractivity contribution is 6.26. The third-order valence-electron chi connectivity index (χ3n) is 10.9. The third-order valence-corrected chi connectivity index (χ3v) is 10.9. The van der Waals surface area contributed by atoms with Crippen LogP contribution >= 0.6 is 0 Å². The minimum absolute atomic E-state index is 1.11. The van der Waals surface area contributed by atoms with Gasteiger partial charge in [0.15, 0.2) is 0 Å². The van der Waals surface area contributed by atoms with E-state index in [1.165, 1.54) is 76.7 Å². The normalized spacial score (nSPS) is 11.8. The van der Waals surface area contributed by atoms with Gasteiger partial charge in [-0.05, 0) is 92.3 Å². The van der Waals surface area contributed by atoms with Crippen LogP contribution in [-0.2, 0) is 0 Å². The molecule has 0 bridgehead atoms. The van der Waals surface area contributed by atoms with Crippen LogP contribution in [0.1, 0.15) is 0 Å². The van der Waals surface area contributed by atoms with E-state index in [-0.39, 0.29) is 0 Å². The second-order valence-corrected chi connectivity index (χ2v) is 13.7. The van der Waals surface area contributed by atoms with Gasteiger partial charge in [0, 0.05) is 33.3 Å². The number of nitrogens with zero attached hydrogens (tertiary/aromatic N) is 2. The number of fused-ring (bicyclic) bond motifs is 8. The molecule has 2 nitrogen and oxygen atoms in total. The molecule has 0 N–H and O–H groups in total. The summed E-state index contributed by atoms with van der Waals surface area (Å²) in [5, 5.41) is 7.66. The van der Waals surface area contributed by atoms with E-state index in [0.717, 1.165) is 22.7 Å². The van der Waals surface area contributed by atoms with E-state index >= 15 is 0 Å². The molecule has 242 valence electrons. The average molecular weight is 661 g/mol. The zero-order valence-electron chi connectivity index (χ0n) is 28.4. The van der Waals surface area contributed by atoms with Crippen molar-refractivity contribution in [2.24, 2.45) is 0 Å². The van der Waals surface area contributed by atoms with Gasteiger partial charge in [-0.25, -0.2) is 0 Å². The molecule has 52 heavy (non-hydrogen) atoms. The number of para-hydroxylation sites is 3. The molecular formula is C50H32N2. The van der Waals surface area contributed by atoms with Crippen LogP contribution in [0, 0.1) is 0 Å². The quantitative estimate of drug-likeness (QED) is 0.167. The van der Waals surface area contributed by atoms with E-state index in [4.69, 9.17) is 0 Å². The lowest BCUT2D eigenvalue weighted by atomic mass is 9.95. The van der Waals surface area contributed by atoms with Crippen molar-refractivity contribution in [3.8, 4) is 39.1 Å². The molecule has 0 amide bonds. The Hall–Kier alpha value is -6.90. The molecule has 0 fully saturated rings. The maximum Gasteiger partial charge on any atom is 0.0561 e. The van der Waals surface area contributed by atoms with Gasteiger partial charge in [0.2, 0.25) is 0 Å². The van der Waals surface area contributed by atoms with Crippen LogP contribution in [0.3, 0.4) is 0 Å². The zero-order valence-corrected chi connectivity index (χ0v) is 28.4. The monoisotopic (exact) mass is 660 g/mol. The first-order valence-corrected chi connectivity index (χ1v) is 17.9. The van der Waals surface area contributed by atoms with Crippen LogP contribution in [0.2, 0.25) is 0 Å². The Labute approximate surface area is 302 Å². The van der Waals surface area contributed by atoms with E-state index in [9.17, 15) is 0 Å². The van der Waals surface area contributed by atoms with Crippen LogP contribution in [0.4, 0.5) is 17.1 Å². The molecule has 1 aliphatic rings. The summed E-state index contributed by atoms with van der Waals surface area (Å²) in [5.41, 5.74) is 14.5. The van der Waals surface area contributed by atoms with Crippen molar-refractivity contribution in [2.75, 3.05) is 4.90 Å². The zero-order chi connectivity index (χ0) is 34.2. The summed E-state index contributed by atoms with van der Waals surface area (Å²) in [6.07, 6.45) is 0. The second kappa shape index (κ2) is 11.3. The molecule has 0 spiro atoms. The number of rotatable bonds is 5. The molecule has 11 rings (SSSR count). The predicted molar refractivity (Wildman–Crippen MR) is 220 cm³/mol. The highest BCUT2D eigenvalue weighted by Crippen LogP contribution is 2.56. The summed E-state index contributed by atoms with van der Waals surface area (Å²) in [7, 11) is 0. The van der Waals surface area contributed by atoms with Crippen molar-refractivity contribution in [3.63, 3.8) is 0 Å². The molecule has 0 atom stereocenters. The minimum Gasteiger partial charge on any atom is -0.309 e. The Balaban J connectivity index is 1.24. The summed E-state index contributed by atoms with van der Waals surface area (Å²) in [4.78, 5) is 2.50. The van der Waals surface area contributed by atoms with Gasteiger partial charge >= 0.3 is 0 Å². The van der Waals surface area contributed by atoms with Crippen LogP contribution in [0.15, 0.2) is 194 Å². The van der Waals surface area contributed by atoms with Crippen LogP contribution in [0.5, 0.6) is 0 Å². The van der Waals surface area contributed by atoms with Gasteiger partial charge in [-0.2, -0.15) is 0 Å². The van der Waals surface area contributed by atoms with Crippen LogP contribution in [-0.4, -0.2) is 4.57 Å². The standard InChI is InChI=1S/C50H32N2/c1-3-15-33(16-4-1)38-21-9-11-26-44(38)52(37-29-30-41-40-23-10-12-27-45(40)51(47(41)32-37)36-19-5-2-6-20-36)46-28-14-25-43-49(46)42-24-13-18-35-31-34-17-7-8-22-39(34)50(43)48(35)42/h1-32H. The fourth-order valence-corrected chi connectivity index (χ4v) is 8.72. The summed E-state index contributed by atoms with van der Waals surface area (Å²) >= 11 is 0. The lowest BCUT2D eigenvalue weighted by Crippen LogP contribution is -2.12. The Morgan fingerprint density at radius 1 is 0.365 bits per heavy atom. The van der Waals surface area contributed by atoms with E-state index in [1.807, 2.05) is 0 Å². The molecule has 0 aliphatic heterocycles. The Morgan fingerprint density at radius 2 is 1.00 bits per heavy atom. The van der Waals surface area contributed by atoms with Crippen molar-refractivity contribution in [3.05, 3.63) is 194 Å². The molecule has 1 heterocycles. The van der Waals surface area contributed by atoms with Crippen molar-refractivity contribution in [1.82, 2.24) is 4.57 Å². The first-order chi connectivity index (χ1) is 25.8. The average Bonchev–Trinajstić information content (AvgIpc) is 3.73. The number of aromatic nitrogens is 1. The predicted octanol–water partition coefficient (Wildman–Crippen LogP) is 13.9. The first-order valence-electron chi connectivity index (χ1n) is 17.9. The van der Waals surface area contributed by atoms with E-state index in [0.29, 0.717) is 0 Å². The van der Waals surface area contributed by atoms with E-state index in [2.05, 4.69) is 204 Å². The van der Waals surface area contributed by atoms with Gasteiger partial charge < -0.3 is 9.47 Å². The second-order valence-electron chi connectivity index (χ2n) is 13.7. The molecule has 10 aromatic rings. The molecular weight excluding hydrogens is 629 g/mol. The molecule has 0 unspecified atom stereocenters. The summed E-state index contributed by atoms with van der Waals surface area (Å²) in [6.45, 7) is 0. The molecule has 9 aromatic carbocycles. The lowest BCUT2D eigenvalue weighted by molar-refractivity contribution is 1.18. The number of anilines is 3. The van der Waals surface area contributed by atoms with Crippen LogP contribution in [0.25, 0.3) is 82.4 Å². The largest absolute Gasteiger partial charge is 0.309 e. The Morgan fingerprint density at radius 3 is 1.88 bits per heavy atom. The van der Waals surface area contributed by atoms with Gasteiger partial charge in [0.05, 0.1) is 22.4 Å². The number of hydrogen-bond donors (Lipinski definition) is 0. The SMILES string of the molecule is c1ccc(-c2ccccc2N(c2ccc3c4ccccc4n(-c4ccccc4)c3c2)c2cccc3c2-c2cccc4cc5ccccc5c-3c24)cc1. The fourth-order valence-electron chi connectivity index (χ4n) is 8.72. The minimum atomic E-state index is 1.11. The summed E-state index contributed by atoms with van der Waals surface area (Å²) in [5.74, 6) is 0. The molecule has 1 aromatic heterocycles. The van der Waals surface area contributed by atoms with Gasteiger partial charge in [-0.15, -0.1) is 0 Å². The molecule has 0 radical (unpaired) electrons. The van der Waals surface area contributed by atoms with Crippen molar-refractivity contribution in [1.29, 1.82) is 0 Å². The molecule has 0 saturated carbocycles. The lowest BCUT2D eigenvalue weighted by Gasteiger charge is -2.30. The van der Waals surface area contributed by atoms with Crippen LogP contribution < -0.4 is 4.90 Å². The van der Waals surface area contributed by atoms with Gasteiger partial charge in [-0.3, -0.25) is 0 Å². The highest BCUT2D eigenvalue weighted by atomic mass is 15.2. The smallest absolute Gasteiger partial charge is 0.0561 e. The first kappa shape index (κ1) is 28.9. The van der Waals surface area contributed by atoms with Gasteiger partial charge in [0.1, 0.15) is 0 Å². The van der Waals surface area contributed by atoms with E-state index in [1.54, 1.807) is 0 Å². The summed E-state index contributed by atoms with van der Waals surface area (Å²) < 4.78 is 2.41. The maximum atomic E-state index is 2.50. The number of benzene rings is 9. The van der Waals surface area contributed by atoms with Crippen molar-refractivity contribution >= 4 is 60.4 Å². The molecule has 2 heteroatoms. The highest BCUT2D eigenvalue weighted by Gasteiger charge is 2.30. The Bertz CT molecular complexity index is 3010. The topological polar surface area (TPSA) is 8.17 Å². The maximum absolute atomic E-state index is 2.50. The molecule has 0 saturated heterocycles. The van der Waals surface area contributed by atoms with Gasteiger partial charge in [-0.1, -0.05) is 146 Å². The van der Waals surface area contributed by atoms with Crippen molar-refractivity contribution < 1.29 is 0 Å².